The van der Waals surface area contributed by atoms with E-state index in [1.807, 2.05) is 30.3 Å². The van der Waals surface area contributed by atoms with Gasteiger partial charge in [-0.05, 0) is 49.7 Å². The molecule has 2 aliphatic carbocycles. The summed E-state index contributed by atoms with van der Waals surface area (Å²) in [5.41, 5.74) is 0.672. The van der Waals surface area contributed by atoms with E-state index in [2.05, 4.69) is 0 Å². The number of fused-ring (bicyclic) bond motifs is 2. The minimum Gasteiger partial charge on any atom is -0.458 e. The summed E-state index contributed by atoms with van der Waals surface area (Å²) in [4.78, 5) is 11.9. The van der Waals surface area contributed by atoms with Gasteiger partial charge >= 0.3 is 5.97 Å². The van der Waals surface area contributed by atoms with Crippen molar-refractivity contribution in [2.75, 3.05) is 0 Å². The zero-order valence-corrected chi connectivity index (χ0v) is 9.26. The molecule has 3 atom stereocenters. The summed E-state index contributed by atoms with van der Waals surface area (Å²) in [5, 5.41) is 0. The van der Waals surface area contributed by atoms with Gasteiger partial charge in [0.05, 0.1) is 5.56 Å². The molecule has 2 nitrogen and oxygen atoms in total. The molecular weight excluding hydrogens is 200 g/mol. The highest BCUT2D eigenvalue weighted by Crippen LogP contribution is 2.46. The summed E-state index contributed by atoms with van der Waals surface area (Å²) in [6.07, 6.45) is 5.13. The molecule has 0 unspecified atom stereocenters. The zero-order chi connectivity index (χ0) is 11.0. The van der Waals surface area contributed by atoms with E-state index in [-0.39, 0.29) is 12.1 Å². The molecule has 0 amide bonds. The molecule has 84 valence electrons. The summed E-state index contributed by atoms with van der Waals surface area (Å²) >= 11 is 0. The first kappa shape index (κ1) is 9.88. The molecule has 2 aliphatic rings. The molecule has 0 spiro atoms. The Kier molecular flexibility index (Phi) is 2.43. The van der Waals surface area contributed by atoms with Crippen molar-refractivity contribution in [1.29, 1.82) is 0 Å². The van der Waals surface area contributed by atoms with Crippen LogP contribution in [0.1, 0.15) is 36.0 Å². The largest absolute Gasteiger partial charge is 0.458 e. The minimum absolute atomic E-state index is 0.154. The van der Waals surface area contributed by atoms with Gasteiger partial charge in [-0.15, -0.1) is 0 Å². The SMILES string of the molecule is O=C(O[C@@H]1C[C@@H]2CC[C@H]1C2)c1ccccc1. The molecule has 3 rings (SSSR count). The molecule has 16 heavy (non-hydrogen) atoms. The predicted octanol–water partition coefficient (Wildman–Crippen LogP) is 3.03. The first-order chi connectivity index (χ1) is 7.83. The second-order valence-corrected chi connectivity index (χ2v) is 4.98. The van der Waals surface area contributed by atoms with E-state index in [0.717, 1.165) is 12.3 Å². The molecule has 0 heterocycles. The van der Waals surface area contributed by atoms with Crippen molar-refractivity contribution in [2.45, 2.75) is 31.8 Å². The fraction of sp³-hybridized carbons (Fsp3) is 0.500. The number of carbonyl (C=O) groups is 1. The Bertz CT molecular complexity index is 385. The van der Waals surface area contributed by atoms with Crippen molar-refractivity contribution >= 4 is 5.97 Å². The fourth-order valence-electron chi connectivity index (χ4n) is 3.11. The molecule has 2 bridgehead atoms. The van der Waals surface area contributed by atoms with Gasteiger partial charge in [-0.1, -0.05) is 18.2 Å². The van der Waals surface area contributed by atoms with Gasteiger partial charge in [0.25, 0.3) is 0 Å². The van der Waals surface area contributed by atoms with Crippen LogP contribution in [0.15, 0.2) is 30.3 Å². The first-order valence-electron chi connectivity index (χ1n) is 6.09. The van der Waals surface area contributed by atoms with Crippen molar-refractivity contribution in [3.8, 4) is 0 Å². The van der Waals surface area contributed by atoms with Gasteiger partial charge in [-0.2, -0.15) is 0 Å². The summed E-state index contributed by atoms with van der Waals surface area (Å²) < 4.78 is 5.59. The molecule has 1 aromatic rings. The fourth-order valence-corrected chi connectivity index (χ4v) is 3.11. The number of hydrogen-bond acceptors (Lipinski definition) is 2. The molecule has 2 saturated carbocycles. The van der Waals surface area contributed by atoms with Crippen LogP contribution in [0.2, 0.25) is 0 Å². The quantitative estimate of drug-likeness (QED) is 0.710. The Morgan fingerprint density at radius 2 is 1.94 bits per heavy atom. The maximum atomic E-state index is 11.9. The highest BCUT2D eigenvalue weighted by Gasteiger charge is 2.41. The highest BCUT2D eigenvalue weighted by molar-refractivity contribution is 5.89. The van der Waals surface area contributed by atoms with Crippen molar-refractivity contribution in [3.63, 3.8) is 0 Å². The van der Waals surface area contributed by atoms with Crippen LogP contribution in [0.25, 0.3) is 0 Å². The average Bonchev–Trinajstić information content (AvgIpc) is 2.92. The molecular formula is C14H16O2. The monoisotopic (exact) mass is 216 g/mol. The Morgan fingerprint density at radius 1 is 1.12 bits per heavy atom. The van der Waals surface area contributed by atoms with Gasteiger partial charge < -0.3 is 4.74 Å². The third-order valence-electron chi connectivity index (χ3n) is 3.94. The third kappa shape index (κ3) is 1.73. The van der Waals surface area contributed by atoms with Gasteiger partial charge in [0.15, 0.2) is 0 Å². The van der Waals surface area contributed by atoms with Crippen LogP contribution < -0.4 is 0 Å². The van der Waals surface area contributed by atoms with Crippen LogP contribution in [0.3, 0.4) is 0 Å². The molecule has 0 radical (unpaired) electrons. The Hall–Kier alpha value is -1.31. The standard InChI is InChI=1S/C14H16O2/c15-14(11-4-2-1-3-5-11)16-13-9-10-6-7-12(13)8-10/h1-5,10,12-13H,6-9H2/t10-,12+,13-/m1/s1. The van der Waals surface area contributed by atoms with Crippen LogP contribution >= 0.6 is 0 Å². The van der Waals surface area contributed by atoms with Crippen LogP contribution in [0.4, 0.5) is 0 Å². The summed E-state index contributed by atoms with van der Waals surface area (Å²) in [7, 11) is 0. The maximum absolute atomic E-state index is 11.9. The average molecular weight is 216 g/mol. The predicted molar refractivity (Wildman–Crippen MR) is 61.1 cm³/mol. The van der Waals surface area contributed by atoms with Crippen LogP contribution in [-0.4, -0.2) is 12.1 Å². The number of hydrogen-bond donors (Lipinski definition) is 0. The number of rotatable bonds is 2. The van der Waals surface area contributed by atoms with Crippen molar-refractivity contribution in [3.05, 3.63) is 35.9 Å². The molecule has 2 fully saturated rings. The van der Waals surface area contributed by atoms with Crippen LogP contribution in [-0.2, 0) is 4.74 Å². The van der Waals surface area contributed by atoms with E-state index in [1.165, 1.54) is 19.3 Å². The molecule has 1 aromatic carbocycles. The Balaban J connectivity index is 1.65. The van der Waals surface area contributed by atoms with E-state index in [0.29, 0.717) is 11.5 Å². The van der Waals surface area contributed by atoms with Crippen molar-refractivity contribution in [2.24, 2.45) is 11.8 Å². The second kappa shape index (κ2) is 3.93. The number of carbonyl (C=O) groups excluding carboxylic acids is 1. The number of esters is 1. The number of benzene rings is 1. The zero-order valence-electron chi connectivity index (χ0n) is 9.26. The van der Waals surface area contributed by atoms with E-state index in [1.54, 1.807) is 0 Å². The second-order valence-electron chi connectivity index (χ2n) is 4.98. The normalized spacial score (nSPS) is 31.6. The first-order valence-corrected chi connectivity index (χ1v) is 6.09. The third-order valence-corrected chi connectivity index (χ3v) is 3.94. The summed E-state index contributed by atoms with van der Waals surface area (Å²) in [5.74, 6) is 1.30. The van der Waals surface area contributed by atoms with E-state index < -0.39 is 0 Å². The Labute approximate surface area is 95.6 Å². The molecule has 0 N–H and O–H groups in total. The molecule has 2 heteroatoms. The summed E-state index contributed by atoms with van der Waals surface area (Å²) in [6, 6.07) is 9.29. The lowest BCUT2D eigenvalue weighted by molar-refractivity contribution is 0.0158. The van der Waals surface area contributed by atoms with Gasteiger partial charge in [0, 0.05) is 0 Å². The van der Waals surface area contributed by atoms with Crippen LogP contribution in [0, 0.1) is 11.8 Å². The highest BCUT2D eigenvalue weighted by atomic mass is 16.5. The van der Waals surface area contributed by atoms with Crippen LogP contribution in [0.5, 0.6) is 0 Å². The van der Waals surface area contributed by atoms with Crippen molar-refractivity contribution in [1.82, 2.24) is 0 Å². The van der Waals surface area contributed by atoms with E-state index in [9.17, 15) is 4.79 Å². The smallest absolute Gasteiger partial charge is 0.338 e. The Morgan fingerprint density at radius 3 is 2.56 bits per heavy atom. The molecule has 0 saturated heterocycles. The number of ether oxygens (including phenoxy) is 1. The molecule has 0 aliphatic heterocycles. The molecule has 0 aromatic heterocycles. The minimum atomic E-state index is -0.154. The lowest BCUT2D eigenvalue weighted by Crippen LogP contribution is -2.24. The maximum Gasteiger partial charge on any atom is 0.338 e. The van der Waals surface area contributed by atoms with Gasteiger partial charge in [0.1, 0.15) is 6.10 Å². The van der Waals surface area contributed by atoms with Crippen molar-refractivity contribution < 1.29 is 9.53 Å². The van der Waals surface area contributed by atoms with Gasteiger partial charge in [-0.25, -0.2) is 4.79 Å². The van der Waals surface area contributed by atoms with E-state index >= 15 is 0 Å². The lowest BCUT2D eigenvalue weighted by Gasteiger charge is -2.21. The van der Waals surface area contributed by atoms with Gasteiger partial charge in [-0.3, -0.25) is 0 Å². The lowest BCUT2D eigenvalue weighted by atomic mass is 9.98. The topological polar surface area (TPSA) is 26.3 Å². The summed E-state index contributed by atoms with van der Waals surface area (Å²) in [6.45, 7) is 0. The van der Waals surface area contributed by atoms with Gasteiger partial charge in [0.2, 0.25) is 0 Å². The van der Waals surface area contributed by atoms with E-state index in [4.69, 9.17) is 4.74 Å².